The molecule has 0 aliphatic heterocycles. The molecule has 0 aliphatic carbocycles. The summed E-state index contributed by atoms with van der Waals surface area (Å²) < 4.78 is 0. The van der Waals surface area contributed by atoms with Crippen molar-refractivity contribution in [1.29, 1.82) is 0 Å². The SMILES string of the molecule is CN(C)Cc1cccc2ccc[c-]c12. The second-order valence-corrected chi connectivity index (χ2v) is 3.79. The van der Waals surface area contributed by atoms with Gasteiger partial charge in [0.2, 0.25) is 0 Å². The van der Waals surface area contributed by atoms with Gasteiger partial charge in [-0.15, -0.1) is 40.6 Å². The summed E-state index contributed by atoms with van der Waals surface area (Å²) in [7, 11) is 4.17. The number of hydrogen-bond acceptors (Lipinski definition) is 1. The predicted molar refractivity (Wildman–Crippen MR) is 60.2 cm³/mol. The van der Waals surface area contributed by atoms with Crippen molar-refractivity contribution in [3.8, 4) is 0 Å². The maximum absolute atomic E-state index is 3.30. The fourth-order valence-electron chi connectivity index (χ4n) is 1.69. The Hall–Kier alpha value is -1.34. The number of hydrogen-bond donors (Lipinski definition) is 0. The first-order valence-electron chi connectivity index (χ1n) is 4.80. The van der Waals surface area contributed by atoms with Crippen molar-refractivity contribution in [2.45, 2.75) is 6.54 Å². The van der Waals surface area contributed by atoms with Gasteiger partial charge in [-0.3, -0.25) is 0 Å². The molecule has 2 aromatic rings. The molecule has 0 unspecified atom stereocenters. The summed E-state index contributed by atoms with van der Waals surface area (Å²) in [6, 6.07) is 15.8. The molecule has 0 heterocycles. The summed E-state index contributed by atoms with van der Waals surface area (Å²) in [6.45, 7) is 0.970. The zero-order valence-corrected chi connectivity index (χ0v) is 8.62. The third-order valence-corrected chi connectivity index (χ3v) is 2.27. The molecule has 14 heavy (non-hydrogen) atoms. The molecule has 0 saturated heterocycles. The van der Waals surface area contributed by atoms with Crippen molar-refractivity contribution in [2.24, 2.45) is 0 Å². The van der Waals surface area contributed by atoms with E-state index in [0.29, 0.717) is 0 Å². The normalized spacial score (nSPS) is 11.1. The van der Waals surface area contributed by atoms with E-state index in [1.165, 1.54) is 16.3 Å². The van der Waals surface area contributed by atoms with Crippen LogP contribution in [0.2, 0.25) is 0 Å². The maximum Gasteiger partial charge on any atom is -0.0106 e. The van der Waals surface area contributed by atoms with Crippen molar-refractivity contribution in [3.63, 3.8) is 0 Å². The van der Waals surface area contributed by atoms with Gasteiger partial charge < -0.3 is 4.90 Å². The Morgan fingerprint density at radius 1 is 1.14 bits per heavy atom. The molecule has 1 nitrogen and oxygen atoms in total. The zero-order chi connectivity index (χ0) is 9.97. The van der Waals surface area contributed by atoms with E-state index in [4.69, 9.17) is 0 Å². The predicted octanol–water partition coefficient (Wildman–Crippen LogP) is 2.70. The second-order valence-electron chi connectivity index (χ2n) is 3.79. The molecule has 0 saturated carbocycles. The molecule has 0 aliphatic rings. The highest BCUT2D eigenvalue weighted by Gasteiger charge is 1.93. The standard InChI is InChI=1S/C13H14N/c1-14(2)10-12-8-5-7-11-6-3-4-9-13(11)12/h3-8H,10H2,1-2H3/q-1. The first-order valence-corrected chi connectivity index (χ1v) is 4.80. The van der Waals surface area contributed by atoms with Gasteiger partial charge in [0.1, 0.15) is 0 Å². The van der Waals surface area contributed by atoms with Crippen molar-refractivity contribution < 1.29 is 0 Å². The highest BCUT2D eigenvalue weighted by atomic mass is 15.0. The largest absolute Gasteiger partial charge is 0.314 e. The zero-order valence-electron chi connectivity index (χ0n) is 8.62. The molecular weight excluding hydrogens is 170 g/mol. The van der Waals surface area contributed by atoms with Gasteiger partial charge in [-0.05, 0) is 20.6 Å². The Kier molecular flexibility index (Phi) is 2.51. The van der Waals surface area contributed by atoms with Crippen LogP contribution in [0.3, 0.4) is 0 Å². The Bertz CT molecular complexity index is 427. The van der Waals surface area contributed by atoms with Crippen molar-refractivity contribution in [2.75, 3.05) is 14.1 Å². The van der Waals surface area contributed by atoms with E-state index in [1.807, 2.05) is 12.1 Å². The Morgan fingerprint density at radius 2 is 1.93 bits per heavy atom. The first-order chi connectivity index (χ1) is 6.77. The molecule has 0 radical (unpaired) electrons. The van der Waals surface area contributed by atoms with E-state index in [1.54, 1.807) is 0 Å². The molecule has 2 aromatic carbocycles. The van der Waals surface area contributed by atoms with E-state index in [0.717, 1.165) is 6.54 Å². The molecule has 1 heteroatoms. The summed E-state index contributed by atoms with van der Waals surface area (Å²) in [4.78, 5) is 2.18. The lowest BCUT2D eigenvalue weighted by molar-refractivity contribution is 0.404. The lowest BCUT2D eigenvalue weighted by atomic mass is 10.0. The van der Waals surface area contributed by atoms with Crippen LogP contribution in [-0.4, -0.2) is 19.0 Å². The van der Waals surface area contributed by atoms with Gasteiger partial charge in [-0.2, -0.15) is 0 Å². The third-order valence-electron chi connectivity index (χ3n) is 2.27. The minimum Gasteiger partial charge on any atom is -0.314 e. The minimum absolute atomic E-state index is 0.970. The molecule has 0 amide bonds. The average molecular weight is 184 g/mol. The summed E-state index contributed by atoms with van der Waals surface area (Å²) in [5, 5.41) is 2.51. The summed E-state index contributed by atoms with van der Waals surface area (Å²) in [6.07, 6.45) is 0. The molecule has 72 valence electrons. The van der Waals surface area contributed by atoms with Crippen LogP contribution in [0.5, 0.6) is 0 Å². The van der Waals surface area contributed by atoms with Crippen LogP contribution in [0.15, 0.2) is 36.4 Å². The van der Waals surface area contributed by atoms with Gasteiger partial charge >= 0.3 is 0 Å². The lowest BCUT2D eigenvalue weighted by Crippen LogP contribution is -2.10. The van der Waals surface area contributed by atoms with Crippen LogP contribution in [0.4, 0.5) is 0 Å². The summed E-state index contributed by atoms with van der Waals surface area (Å²) in [5.74, 6) is 0. The molecule has 0 fully saturated rings. The number of fused-ring (bicyclic) bond motifs is 1. The smallest absolute Gasteiger partial charge is 0.0106 e. The Morgan fingerprint density at radius 3 is 2.71 bits per heavy atom. The molecule has 0 aromatic heterocycles. The van der Waals surface area contributed by atoms with Gasteiger partial charge in [0, 0.05) is 0 Å². The molecule has 0 spiro atoms. The quantitative estimate of drug-likeness (QED) is 0.649. The van der Waals surface area contributed by atoms with Gasteiger partial charge in [-0.1, -0.05) is 18.2 Å². The van der Waals surface area contributed by atoms with Crippen molar-refractivity contribution >= 4 is 10.8 Å². The van der Waals surface area contributed by atoms with E-state index in [-0.39, 0.29) is 0 Å². The fourth-order valence-corrected chi connectivity index (χ4v) is 1.69. The number of rotatable bonds is 2. The molecule has 0 N–H and O–H groups in total. The monoisotopic (exact) mass is 184 g/mol. The van der Waals surface area contributed by atoms with Gasteiger partial charge in [0.15, 0.2) is 0 Å². The van der Waals surface area contributed by atoms with E-state index in [9.17, 15) is 0 Å². The first kappa shape index (κ1) is 9.22. The highest BCUT2D eigenvalue weighted by molar-refractivity contribution is 5.84. The minimum atomic E-state index is 0.970. The molecule has 2 rings (SSSR count). The van der Waals surface area contributed by atoms with Crippen LogP contribution in [0.1, 0.15) is 5.56 Å². The summed E-state index contributed by atoms with van der Waals surface area (Å²) in [5.41, 5.74) is 1.34. The van der Waals surface area contributed by atoms with E-state index >= 15 is 0 Å². The van der Waals surface area contributed by atoms with Gasteiger partial charge in [0.25, 0.3) is 0 Å². The van der Waals surface area contributed by atoms with Crippen molar-refractivity contribution in [3.05, 3.63) is 48.0 Å². The van der Waals surface area contributed by atoms with E-state index in [2.05, 4.69) is 49.3 Å². The molecule has 0 bridgehead atoms. The molecular formula is C13H14N-. The van der Waals surface area contributed by atoms with Crippen LogP contribution < -0.4 is 0 Å². The third kappa shape index (κ3) is 1.78. The number of nitrogens with zero attached hydrogens (tertiary/aromatic N) is 1. The van der Waals surface area contributed by atoms with Crippen molar-refractivity contribution in [1.82, 2.24) is 4.90 Å². The maximum atomic E-state index is 3.30. The van der Waals surface area contributed by atoms with Crippen LogP contribution >= 0.6 is 0 Å². The van der Waals surface area contributed by atoms with Gasteiger partial charge in [-0.25, -0.2) is 0 Å². The second kappa shape index (κ2) is 3.81. The van der Waals surface area contributed by atoms with E-state index < -0.39 is 0 Å². The molecule has 0 atom stereocenters. The summed E-state index contributed by atoms with van der Waals surface area (Å²) >= 11 is 0. The van der Waals surface area contributed by atoms with Crippen LogP contribution in [-0.2, 0) is 6.54 Å². The van der Waals surface area contributed by atoms with Crippen LogP contribution in [0, 0.1) is 6.07 Å². The average Bonchev–Trinajstić information content (AvgIpc) is 2.18. The highest BCUT2D eigenvalue weighted by Crippen LogP contribution is 2.18. The topological polar surface area (TPSA) is 3.24 Å². The van der Waals surface area contributed by atoms with Gasteiger partial charge in [0.05, 0.1) is 0 Å². The lowest BCUT2D eigenvalue weighted by Gasteiger charge is -2.17. The Labute approximate surface area is 85.0 Å². The van der Waals surface area contributed by atoms with Crippen LogP contribution in [0.25, 0.3) is 10.8 Å². The number of benzene rings is 2. The fraction of sp³-hybridized carbons (Fsp3) is 0.231. The Balaban J connectivity index is 2.53.